The van der Waals surface area contributed by atoms with E-state index in [9.17, 15) is 0 Å². The molecule has 0 saturated carbocycles. The third kappa shape index (κ3) is 5.10. The van der Waals surface area contributed by atoms with Gasteiger partial charge in [0.25, 0.3) is 0 Å². The van der Waals surface area contributed by atoms with Crippen LogP contribution >= 0.6 is 0 Å². The zero-order chi connectivity index (χ0) is 11.6. The molecule has 0 radical (unpaired) electrons. The first kappa shape index (κ1) is 12.9. The van der Waals surface area contributed by atoms with Crippen molar-refractivity contribution in [2.24, 2.45) is 5.73 Å². The second kappa shape index (κ2) is 8.08. The van der Waals surface area contributed by atoms with Crippen LogP contribution in [0.25, 0.3) is 0 Å². The van der Waals surface area contributed by atoms with Crippen LogP contribution in [0.4, 0.5) is 0 Å². The van der Waals surface area contributed by atoms with Gasteiger partial charge in [-0.1, -0.05) is 36.4 Å². The second-order valence-electron chi connectivity index (χ2n) is 3.98. The van der Waals surface area contributed by atoms with Gasteiger partial charge in [-0.25, -0.2) is 0 Å². The van der Waals surface area contributed by atoms with Crippen LogP contribution in [0.5, 0.6) is 0 Å². The summed E-state index contributed by atoms with van der Waals surface area (Å²) in [4.78, 5) is 2.43. The monoisotopic (exact) mass is 218 g/mol. The van der Waals surface area contributed by atoms with Crippen LogP contribution < -0.4 is 5.73 Å². The molecule has 0 unspecified atom stereocenters. The molecule has 0 aliphatic rings. The molecular weight excluding hydrogens is 196 g/mol. The minimum Gasteiger partial charge on any atom is -0.330 e. The Morgan fingerprint density at radius 1 is 1.19 bits per heavy atom. The normalized spacial score (nSPS) is 10.6. The fourth-order valence-electron chi connectivity index (χ4n) is 1.70. The number of benzene rings is 1. The maximum absolute atomic E-state index is 5.55. The SMILES string of the molecule is C=CCCN(CCCN)Cc1ccccc1. The van der Waals surface area contributed by atoms with E-state index >= 15 is 0 Å². The zero-order valence-electron chi connectivity index (χ0n) is 9.94. The largest absolute Gasteiger partial charge is 0.330 e. The van der Waals surface area contributed by atoms with Crippen LogP contribution in [0.2, 0.25) is 0 Å². The van der Waals surface area contributed by atoms with Crippen LogP contribution in [0, 0.1) is 0 Å². The highest BCUT2D eigenvalue weighted by atomic mass is 15.1. The van der Waals surface area contributed by atoms with Crippen molar-refractivity contribution in [1.82, 2.24) is 4.90 Å². The molecule has 0 heterocycles. The van der Waals surface area contributed by atoms with Crippen molar-refractivity contribution in [3.63, 3.8) is 0 Å². The molecule has 2 N–H and O–H groups in total. The number of hydrogen-bond donors (Lipinski definition) is 1. The lowest BCUT2D eigenvalue weighted by Crippen LogP contribution is -2.26. The summed E-state index contributed by atoms with van der Waals surface area (Å²) in [6, 6.07) is 10.6. The Morgan fingerprint density at radius 2 is 1.94 bits per heavy atom. The third-order valence-electron chi connectivity index (χ3n) is 2.58. The van der Waals surface area contributed by atoms with Gasteiger partial charge in [-0.2, -0.15) is 0 Å². The van der Waals surface area contributed by atoms with Crippen LogP contribution in [0.3, 0.4) is 0 Å². The quantitative estimate of drug-likeness (QED) is 0.679. The van der Waals surface area contributed by atoms with Crippen LogP contribution in [0.1, 0.15) is 18.4 Å². The molecule has 0 saturated heterocycles. The smallest absolute Gasteiger partial charge is 0.0233 e. The Balaban J connectivity index is 2.45. The van der Waals surface area contributed by atoms with E-state index in [2.05, 4.69) is 41.8 Å². The number of rotatable bonds is 8. The summed E-state index contributed by atoms with van der Waals surface area (Å²) in [6.07, 6.45) is 4.07. The minimum atomic E-state index is 0.763. The van der Waals surface area contributed by atoms with Crippen molar-refractivity contribution in [3.8, 4) is 0 Å². The third-order valence-corrected chi connectivity index (χ3v) is 2.58. The van der Waals surface area contributed by atoms with Gasteiger partial charge in [0.2, 0.25) is 0 Å². The fraction of sp³-hybridized carbons (Fsp3) is 0.429. The van der Waals surface area contributed by atoms with Crippen LogP contribution in [-0.4, -0.2) is 24.5 Å². The Hall–Kier alpha value is -1.12. The second-order valence-corrected chi connectivity index (χ2v) is 3.98. The Morgan fingerprint density at radius 3 is 2.56 bits per heavy atom. The number of nitrogens with two attached hydrogens (primary N) is 1. The standard InChI is InChI=1S/C14H22N2/c1-2-3-11-16(12-7-10-15)13-14-8-5-4-6-9-14/h2,4-6,8-9H,1,3,7,10-13,15H2. The van der Waals surface area contributed by atoms with E-state index in [0.717, 1.165) is 39.0 Å². The summed E-state index contributed by atoms with van der Waals surface area (Å²) < 4.78 is 0. The summed E-state index contributed by atoms with van der Waals surface area (Å²) >= 11 is 0. The van der Waals surface area contributed by atoms with Gasteiger partial charge < -0.3 is 5.73 Å². The van der Waals surface area contributed by atoms with Crippen molar-refractivity contribution < 1.29 is 0 Å². The predicted molar refractivity (Wildman–Crippen MR) is 70.2 cm³/mol. The molecule has 1 aromatic rings. The molecule has 0 aliphatic heterocycles. The van der Waals surface area contributed by atoms with Gasteiger partial charge in [-0.05, 0) is 31.5 Å². The van der Waals surface area contributed by atoms with Gasteiger partial charge in [-0.15, -0.1) is 6.58 Å². The number of nitrogens with zero attached hydrogens (tertiary/aromatic N) is 1. The minimum absolute atomic E-state index is 0.763. The lowest BCUT2D eigenvalue weighted by Gasteiger charge is -2.21. The van der Waals surface area contributed by atoms with E-state index in [1.165, 1.54) is 5.56 Å². The molecule has 0 fully saturated rings. The van der Waals surface area contributed by atoms with Crippen LogP contribution in [0.15, 0.2) is 43.0 Å². The lowest BCUT2D eigenvalue weighted by atomic mass is 10.2. The molecule has 0 spiro atoms. The molecule has 88 valence electrons. The van der Waals surface area contributed by atoms with E-state index in [4.69, 9.17) is 5.73 Å². The first-order chi connectivity index (χ1) is 7.86. The molecule has 2 nitrogen and oxygen atoms in total. The van der Waals surface area contributed by atoms with Gasteiger partial charge in [0.1, 0.15) is 0 Å². The van der Waals surface area contributed by atoms with Crippen molar-refractivity contribution in [3.05, 3.63) is 48.6 Å². The van der Waals surface area contributed by atoms with Gasteiger partial charge in [0.15, 0.2) is 0 Å². The fourth-order valence-corrected chi connectivity index (χ4v) is 1.70. The van der Waals surface area contributed by atoms with E-state index in [-0.39, 0.29) is 0 Å². The van der Waals surface area contributed by atoms with Gasteiger partial charge in [-0.3, -0.25) is 4.90 Å². The van der Waals surface area contributed by atoms with Crippen LogP contribution in [-0.2, 0) is 6.54 Å². The Labute approximate surface area is 98.8 Å². The highest BCUT2D eigenvalue weighted by molar-refractivity contribution is 5.14. The summed E-state index contributed by atoms with van der Waals surface area (Å²) in [5, 5.41) is 0. The zero-order valence-corrected chi connectivity index (χ0v) is 9.94. The van der Waals surface area contributed by atoms with Gasteiger partial charge in [0.05, 0.1) is 0 Å². The molecule has 1 aromatic carbocycles. The van der Waals surface area contributed by atoms with Crippen molar-refractivity contribution >= 4 is 0 Å². The molecule has 0 atom stereocenters. The molecule has 1 rings (SSSR count). The first-order valence-electron chi connectivity index (χ1n) is 5.94. The Bertz CT molecular complexity index is 282. The molecule has 2 heteroatoms. The maximum atomic E-state index is 5.55. The van der Waals surface area contributed by atoms with Gasteiger partial charge in [0, 0.05) is 13.1 Å². The molecule has 0 amide bonds. The first-order valence-corrected chi connectivity index (χ1v) is 5.94. The van der Waals surface area contributed by atoms with E-state index in [1.54, 1.807) is 0 Å². The summed E-state index contributed by atoms with van der Waals surface area (Å²) in [5.41, 5.74) is 6.92. The molecule has 0 bridgehead atoms. The average molecular weight is 218 g/mol. The predicted octanol–water partition coefficient (Wildman–Crippen LogP) is 2.41. The summed E-state index contributed by atoms with van der Waals surface area (Å²) in [7, 11) is 0. The summed E-state index contributed by atoms with van der Waals surface area (Å²) in [6.45, 7) is 7.68. The van der Waals surface area contributed by atoms with Crippen molar-refractivity contribution in [2.75, 3.05) is 19.6 Å². The number of hydrogen-bond acceptors (Lipinski definition) is 2. The van der Waals surface area contributed by atoms with E-state index in [1.807, 2.05) is 6.08 Å². The van der Waals surface area contributed by atoms with E-state index in [0.29, 0.717) is 0 Å². The Kier molecular flexibility index (Phi) is 6.54. The van der Waals surface area contributed by atoms with E-state index < -0.39 is 0 Å². The van der Waals surface area contributed by atoms with Gasteiger partial charge >= 0.3 is 0 Å². The van der Waals surface area contributed by atoms with Crippen molar-refractivity contribution in [1.29, 1.82) is 0 Å². The highest BCUT2D eigenvalue weighted by Gasteiger charge is 2.03. The molecular formula is C14H22N2. The summed E-state index contributed by atoms with van der Waals surface area (Å²) in [5.74, 6) is 0. The highest BCUT2D eigenvalue weighted by Crippen LogP contribution is 2.05. The van der Waals surface area contributed by atoms with Crippen molar-refractivity contribution in [2.45, 2.75) is 19.4 Å². The molecule has 0 aliphatic carbocycles. The topological polar surface area (TPSA) is 29.3 Å². The average Bonchev–Trinajstić information content (AvgIpc) is 2.34. The molecule has 0 aromatic heterocycles. The molecule has 16 heavy (non-hydrogen) atoms. The maximum Gasteiger partial charge on any atom is 0.0233 e. The lowest BCUT2D eigenvalue weighted by molar-refractivity contribution is 0.269.